The van der Waals surface area contributed by atoms with Gasteiger partial charge in [-0.2, -0.15) is 5.10 Å². The van der Waals surface area contributed by atoms with E-state index in [2.05, 4.69) is 36.2 Å². The molecule has 6 nitrogen and oxygen atoms in total. The van der Waals surface area contributed by atoms with E-state index in [1.54, 1.807) is 41.5 Å². The van der Waals surface area contributed by atoms with Gasteiger partial charge in [0, 0.05) is 24.2 Å². The molecule has 0 spiro atoms. The number of phenols is 1. The fourth-order valence-electron chi connectivity index (χ4n) is 3.26. The van der Waals surface area contributed by atoms with Gasteiger partial charge in [-0.1, -0.05) is 45.0 Å². The number of phenolic OH excluding ortho intramolecular Hbond substituents is 1. The quantitative estimate of drug-likeness (QED) is 0.452. The molecule has 4 rings (SSSR count). The lowest BCUT2D eigenvalue weighted by Crippen LogP contribution is -2.15. The molecule has 6 heteroatoms. The number of pyridine rings is 1. The van der Waals surface area contributed by atoms with Gasteiger partial charge in [-0.3, -0.25) is 9.78 Å². The zero-order chi connectivity index (χ0) is 22.0. The van der Waals surface area contributed by atoms with Crippen LogP contribution in [0.3, 0.4) is 0 Å². The molecule has 31 heavy (non-hydrogen) atoms. The Morgan fingerprint density at radius 2 is 1.81 bits per heavy atom. The monoisotopic (exact) mass is 412 g/mol. The Hall–Kier alpha value is -3.93. The number of carbonyl (C=O) groups is 1. The maximum atomic E-state index is 13.3. The minimum absolute atomic E-state index is 0.0136. The predicted molar refractivity (Wildman–Crippen MR) is 122 cm³/mol. The molecular formula is C25H24N4O2. The van der Waals surface area contributed by atoms with Gasteiger partial charge in [0.2, 0.25) is 0 Å². The van der Waals surface area contributed by atoms with Crippen molar-refractivity contribution in [3.05, 3.63) is 90.4 Å². The van der Waals surface area contributed by atoms with Gasteiger partial charge in [0.25, 0.3) is 5.91 Å². The highest BCUT2D eigenvalue weighted by Gasteiger charge is 2.21. The summed E-state index contributed by atoms with van der Waals surface area (Å²) in [6, 6.07) is 18.5. The van der Waals surface area contributed by atoms with Gasteiger partial charge < -0.3 is 10.4 Å². The van der Waals surface area contributed by atoms with E-state index in [1.165, 1.54) is 0 Å². The number of anilines is 1. The van der Waals surface area contributed by atoms with E-state index in [0.717, 1.165) is 16.8 Å². The van der Waals surface area contributed by atoms with Crippen LogP contribution in [0, 0.1) is 0 Å². The fraction of sp³-hybridized carbons (Fsp3) is 0.160. The fourth-order valence-corrected chi connectivity index (χ4v) is 3.26. The van der Waals surface area contributed by atoms with E-state index >= 15 is 0 Å². The van der Waals surface area contributed by atoms with Crippen molar-refractivity contribution in [1.82, 2.24) is 14.8 Å². The Morgan fingerprint density at radius 1 is 1.03 bits per heavy atom. The molecule has 0 atom stereocenters. The van der Waals surface area contributed by atoms with E-state index in [0.29, 0.717) is 16.9 Å². The normalized spacial score (nSPS) is 11.3. The van der Waals surface area contributed by atoms with E-state index in [4.69, 9.17) is 0 Å². The van der Waals surface area contributed by atoms with Crippen molar-refractivity contribution in [2.45, 2.75) is 26.2 Å². The predicted octanol–water partition coefficient (Wildman–Crippen LogP) is 5.19. The lowest BCUT2D eigenvalue weighted by atomic mass is 9.87. The maximum Gasteiger partial charge on any atom is 0.259 e. The third-order valence-corrected chi connectivity index (χ3v) is 5.03. The molecule has 156 valence electrons. The van der Waals surface area contributed by atoms with Crippen molar-refractivity contribution in [1.29, 1.82) is 0 Å². The first-order chi connectivity index (χ1) is 14.8. The first-order valence-electron chi connectivity index (χ1n) is 10.0. The number of hydrogen-bond acceptors (Lipinski definition) is 4. The van der Waals surface area contributed by atoms with Crippen LogP contribution in [0.25, 0.3) is 16.9 Å². The summed E-state index contributed by atoms with van der Waals surface area (Å²) < 4.78 is 1.67. The molecule has 4 aromatic rings. The molecule has 2 N–H and O–H groups in total. The average molecular weight is 412 g/mol. The van der Waals surface area contributed by atoms with Crippen LogP contribution in [0.5, 0.6) is 5.75 Å². The number of aromatic hydroxyl groups is 1. The van der Waals surface area contributed by atoms with Gasteiger partial charge in [-0.25, -0.2) is 4.68 Å². The molecule has 2 aromatic carbocycles. The zero-order valence-electron chi connectivity index (χ0n) is 17.7. The minimum atomic E-state index is -0.359. The van der Waals surface area contributed by atoms with Crippen LogP contribution in [-0.4, -0.2) is 25.8 Å². The molecule has 0 fully saturated rings. The summed E-state index contributed by atoms with van der Waals surface area (Å²) in [4.78, 5) is 17.4. The number of aromatic nitrogens is 3. The van der Waals surface area contributed by atoms with Crippen LogP contribution in [-0.2, 0) is 5.41 Å². The Bertz CT molecular complexity index is 1210. The highest BCUT2D eigenvalue weighted by atomic mass is 16.3. The van der Waals surface area contributed by atoms with Gasteiger partial charge in [0.05, 0.1) is 16.9 Å². The van der Waals surface area contributed by atoms with Gasteiger partial charge >= 0.3 is 0 Å². The van der Waals surface area contributed by atoms with Crippen molar-refractivity contribution in [3.8, 4) is 22.7 Å². The number of para-hydroxylation sites is 1. The highest BCUT2D eigenvalue weighted by Crippen LogP contribution is 2.32. The van der Waals surface area contributed by atoms with Crippen molar-refractivity contribution in [2.75, 3.05) is 5.32 Å². The molecule has 0 unspecified atom stereocenters. The second-order valence-electron chi connectivity index (χ2n) is 8.35. The third-order valence-electron chi connectivity index (χ3n) is 5.03. The average Bonchev–Trinajstić information content (AvgIpc) is 3.21. The van der Waals surface area contributed by atoms with E-state index in [9.17, 15) is 9.90 Å². The third kappa shape index (κ3) is 4.33. The molecule has 2 aromatic heterocycles. The molecule has 0 aliphatic carbocycles. The lowest BCUT2D eigenvalue weighted by Gasteiger charge is -2.20. The Labute approximate surface area is 181 Å². The summed E-state index contributed by atoms with van der Waals surface area (Å²) in [5.74, 6) is -0.345. The van der Waals surface area contributed by atoms with Crippen LogP contribution in [0.1, 0.15) is 36.7 Å². The molecule has 0 aliphatic rings. The molecule has 0 bridgehead atoms. The van der Waals surface area contributed by atoms with Crippen LogP contribution >= 0.6 is 0 Å². The smallest absolute Gasteiger partial charge is 0.259 e. The maximum absolute atomic E-state index is 13.3. The van der Waals surface area contributed by atoms with Crippen LogP contribution in [0.2, 0.25) is 0 Å². The molecule has 0 saturated heterocycles. The lowest BCUT2D eigenvalue weighted by molar-refractivity contribution is 0.102. The zero-order valence-corrected chi connectivity index (χ0v) is 17.7. The molecule has 0 radical (unpaired) electrons. The first-order valence-corrected chi connectivity index (χ1v) is 10.0. The van der Waals surface area contributed by atoms with E-state index in [1.807, 2.05) is 42.5 Å². The largest absolute Gasteiger partial charge is 0.506 e. The number of rotatable bonds is 4. The SMILES string of the molecule is CC(C)(C)c1ccc(O)c(NC(=O)c2cn(-c3ccccc3)nc2-c2cccnc2)c1. The summed E-state index contributed by atoms with van der Waals surface area (Å²) in [5, 5.41) is 17.8. The Balaban J connectivity index is 1.75. The number of benzene rings is 2. The van der Waals surface area contributed by atoms with Gasteiger partial charge in [-0.15, -0.1) is 0 Å². The standard InChI is InChI=1S/C25H24N4O2/c1-25(2,3)18-11-12-22(30)21(14-18)27-24(31)20-16-29(19-9-5-4-6-10-19)28-23(20)17-8-7-13-26-15-17/h4-16,30H,1-3H3,(H,27,31). The highest BCUT2D eigenvalue weighted by molar-refractivity contribution is 6.08. The molecule has 0 aliphatic heterocycles. The van der Waals surface area contributed by atoms with Crippen molar-refractivity contribution in [2.24, 2.45) is 0 Å². The van der Waals surface area contributed by atoms with Crippen molar-refractivity contribution >= 4 is 11.6 Å². The van der Waals surface area contributed by atoms with Gasteiger partial charge in [0.1, 0.15) is 11.4 Å². The summed E-state index contributed by atoms with van der Waals surface area (Å²) in [7, 11) is 0. The summed E-state index contributed by atoms with van der Waals surface area (Å²) >= 11 is 0. The van der Waals surface area contributed by atoms with Crippen LogP contribution < -0.4 is 5.32 Å². The number of nitrogens with zero attached hydrogens (tertiary/aromatic N) is 3. The van der Waals surface area contributed by atoms with Gasteiger partial charge in [0.15, 0.2) is 0 Å². The first kappa shape index (κ1) is 20.3. The second kappa shape index (κ2) is 8.07. The van der Waals surface area contributed by atoms with E-state index < -0.39 is 0 Å². The summed E-state index contributed by atoms with van der Waals surface area (Å²) in [6.45, 7) is 6.24. The van der Waals surface area contributed by atoms with Crippen molar-refractivity contribution in [3.63, 3.8) is 0 Å². The Kier molecular flexibility index (Phi) is 5.29. The van der Waals surface area contributed by atoms with Crippen LogP contribution in [0.15, 0.2) is 79.3 Å². The summed E-state index contributed by atoms with van der Waals surface area (Å²) in [6.07, 6.45) is 5.04. The second-order valence-corrected chi connectivity index (χ2v) is 8.35. The number of hydrogen-bond donors (Lipinski definition) is 2. The minimum Gasteiger partial charge on any atom is -0.506 e. The molecule has 2 heterocycles. The number of nitrogens with one attached hydrogen (secondary N) is 1. The number of carbonyl (C=O) groups excluding carboxylic acids is 1. The molecule has 0 saturated carbocycles. The van der Waals surface area contributed by atoms with Crippen molar-refractivity contribution < 1.29 is 9.90 Å². The molecule has 1 amide bonds. The summed E-state index contributed by atoms with van der Waals surface area (Å²) in [5.41, 5.74) is 3.72. The number of amides is 1. The topological polar surface area (TPSA) is 80.0 Å². The van der Waals surface area contributed by atoms with Crippen LogP contribution in [0.4, 0.5) is 5.69 Å². The molecular weight excluding hydrogens is 388 g/mol. The van der Waals surface area contributed by atoms with Gasteiger partial charge in [-0.05, 0) is 47.4 Å². The Morgan fingerprint density at radius 3 is 2.48 bits per heavy atom. The van der Waals surface area contributed by atoms with E-state index in [-0.39, 0.29) is 17.1 Å².